The van der Waals surface area contributed by atoms with Gasteiger partial charge in [-0.1, -0.05) is 24.1 Å². The standard InChI is InChI=1S/C36H44FN5O10S/c1-6-9-23(43)12-15-28(38-33(47)52-35(3,4)5)31(45)42-19-24(51-34(48)41-18-21-10-8-11-27(37)26(21)20-41)16-29(42)30(44)39-36(17-22(36)7-2)32(46)40-53(49,50)25-13-14-25/h7-8,10-11,22,24-25,28-29H,2,12-20H2,1,3-5H3,(H,38,47)(H,39,44)(H,40,46)/t22-,24?,28+,29+,36-/m1/s1. The van der Waals surface area contributed by atoms with Gasteiger partial charge < -0.3 is 25.0 Å². The van der Waals surface area contributed by atoms with Crippen molar-refractivity contribution in [2.24, 2.45) is 5.92 Å². The second kappa shape index (κ2) is 15.2. The zero-order valence-corrected chi connectivity index (χ0v) is 30.8. The molecule has 1 unspecified atom stereocenters. The van der Waals surface area contributed by atoms with Crippen LogP contribution in [0.15, 0.2) is 30.9 Å². The van der Waals surface area contributed by atoms with E-state index in [1.807, 2.05) is 0 Å². The number of halogens is 1. The van der Waals surface area contributed by atoms with Crippen LogP contribution in [0.2, 0.25) is 0 Å². The van der Waals surface area contributed by atoms with Gasteiger partial charge in [-0.3, -0.25) is 28.8 Å². The Morgan fingerprint density at radius 3 is 2.47 bits per heavy atom. The Bertz CT molecular complexity index is 1880. The Hall–Kier alpha value is -4.98. The fraction of sp³-hybridized carbons (Fsp3) is 0.556. The van der Waals surface area contributed by atoms with E-state index in [0.29, 0.717) is 24.0 Å². The minimum atomic E-state index is -3.97. The molecule has 2 aliphatic heterocycles. The Labute approximate surface area is 307 Å². The number of benzene rings is 1. The van der Waals surface area contributed by atoms with Crippen molar-refractivity contribution in [2.45, 2.75) is 114 Å². The summed E-state index contributed by atoms with van der Waals surface area (Å²) in [5.41, 5.74) is -1.66. The first-order valence-electron chi connectivity index (χ1n) is 17.4. The fourth-order valence-corrected chi connectivity index (χ4v) is 7.87. The summed E-state index contributed by atoms with van der Waals surface area (Å²) < 4.78 is 52.8. The lowest BCUT2D eigenvalue weighted by molar-refractivity contribution is -0.141. The number of hydrogen-bond acceptors (Lipinski definition) is 10. The van der Waals surface area contributed by atoms with Gasteiger partial charge in [0.2, 0.25) is 27.6 Å². The maximum Gasteiger partial charge on any atom is 0.410 e. The third kappa shape index (κ3) is 9.16. The summed E-state index contributed by atoms with van der Waals surface area (Å²) in [5, 5.41) is 4.42. The van der Waals surface area contributed by atoms with E-state index in [2.05, 4.69) is 33.8 Å². The van der Waals surface area contributed by atoms with Crippen LogP contribution in [0.4, 0.5) is 14.0 Å². The van der Waals surface area contributed by atoms with E-state index in [-0.39, 0.29) is 45.3 Å². The lowest BCUT2D eigenvalue weighted by atomic mass is 10.1. The first kappa shape index (κ1) is 39.2. The molecular weight excluding hydrogens is 713 g/mol. The molecule has 5 amide bonds. The molecule has 5 rings (SSSR count). The summed E-state index contributed by atoms with van der Waals surface area (Å²) in [4.78, 5) is 82.6. The Morgan fingerprint density at radius 2 is 1.87 bits per heavy atom. The number of carbonyl (C=O) groups is 6. The van der Waals surface area contributed by atoms with Gasteiger partial charge in [-0.15, -0.1) is 6.58 Å². The number of likely N-dealkylation sites (tertiary alicyclic amines) is 1. The molecule has 2 aliphatic carbocycles. The number of sulfonamides is 1. The van der Waals surface area contributed by atoms with Crippen LogP contribution in [-0.2, 0) is 51.8 Å². The molecule has 2 heterocycles. The highest BCUT2D eigenvalue weighted by Gasteiger charge is 2.62. The van der Waals surface area contributed by atoms with Gasteiger partial charge in [0.05, 0.1) is 18.3 Å². The highest BCUT2D eigenvalue weighted by Crippen LogP contribution is 2.45. The number of Topliss-reactive ketones (excluding diaryl/α,β-unsaturated/α-hetero) is 1. The van der Waals surface area contributed by atoms with Crippen LogP contribution < -0.4 is 15.4 Å². The third-order valence-electron chi connectivity index (χ3n) is 9.46. The van der Waals surface area contributed by atoms with Crippen molar-refractivity contribution in [2.75, 3.05) is 6.54 Å². The Kier molecular flexibility index (Phi) is 11.2. The van der Waals surface area contributed by atoms with Gasteiger partial charge in [0.1, 0.15) is 35.1 Å². The average Bonchev–Trinajstić information content (AvgIpc) is 3.96. The lowest BCUT2D eigenvalue weighted by Gasteiger charge is -2.30. The number of fused-ring (bicyclic) bond motifs is 1. The van der Waals surface area contributed by atoms with Gasteiger partial charge in [0.15, 0.2) is 0 Å². The molecule has 53 heavy (non-hydrogen) atoms. The van der Waals surface area contributed by atoms with E-state index in [1.165, 1.54) is 30.0 Å². The van der Waals surface area contributed by atoms with Crippen LogP contribution in [0.25, 0.3) is 0 Å². The largest absolute Gasteiger partial charge is 0.444 e. The summed E-state index contributed by atoms with van der Waals surface area (Å²) in [5.74, 6) is 0.666. The normalized spacial score (nSPS) is 23.8. The third-order valence-corrected chi connectivity index (χ3v) is 11.3. The predicted octanol–water partition coefficient (Wildman–Crippen LogP) is 2.18. The molecule has 1 aromatic rings. The Balaban J connectivity index is 1.39. The quantitative estimate of drug-likeness (QED) is 0.162. The van der Waals surface area contributed by atoms with Crippen LogP contribution in [-0.4, -0.2) is 95.0 Å². The van der Waals surface area contributed by atoms with Crippen molar-refractivity contribution in [3.8, 4) is 11.8 Å². The van der Waals surface area contributed by atoms with Crippen molar-refractivity contribution in [3.05, 3.63) is 47.8 Å². The van der Waals surface area contributed by atoms with E-state index >= 15 is 0 Å². The molecule has 5 atom stereocenters. The van der Waals surface area contributed by atoms with E-state index in [0.717, 1.165) is 4.90 Å². The van der Waals surface area contributed by atoms with Crippen molar-refractivity contribution in [3.63, 3.8) is 0 Å². The lowest BCUT2D eigenvalue weighted by Crippen LogP contribution is -2.58. The van der Waals surface area contributed by atoms with E-state index < -0.39 is 92.0 Å². The number of rotatable bonds is 12. The molecule has 0 aromatic heterocycles. The topological polar surface area (TPSA) is 198 Å². The molecule has 17 heteroatoms. The summed E-state index contributed by atoms with van der Waals surface area (Å²) >= 11 is 0. The van der Waals surface area contributed by atoms with Gasteiger partial charge >= 0.3 is 12.2 Å². The first-order valence-corrected chi connectivity index (χ1v) is 18.9. The summed E-state index contributed by atoms with van der Waals surface area (Å²) in [7, 11) is -3.97. The maximum atomic E-state index is 14.4. The molecule has 2 saturated carbocycles. The minimum Gasteiger partial charge on any atom is -0.444 e. The van der Waals surface area contributed by atoms with E-state index in [4.69, 9.17) is 9.47 Å². The molecular formula is C36H44FN5O10S. The number of ketones is 1. The van der Waals surface area contributed by atoms with Gasteiger partial charge in [0, 0.05) is 30.9 Å². The van der Waals surface area contributed by atoms with Crippen LogP contribution in [0.3, 0.4) is 0 Å². The smallest absolute Gasteiger partial charge is 0.410 e. The van der Waals surface area contributed by atoms with Gasteiger partial charge in [0.25, 0.3) is 5.91 Å². The number of hydrogen-bond donors (Lipinski definition) is 3. The zero-order chi connectivity index (χ0) is 38.9. The predicted molar refractivity (Wildman–Crippen MR) is 186 cm³/mol. The maximum absolute atomic E-state index is 14.4. The number of carbonyl (C=O) groups excluding carboxylic acids is 6. The van der Waals surface area contributed by atoms with Gasteiger partial charge in [-0.2, -0.15) is 0 Å². The highest BCUT2D eigenvalue weighted by atomic mass is 32.2. The van der Waals surface area contributed by atoms with Crippen LogP contribution in [0, 0.1) is 23.6 Å². The van der Waals surface area contributed by atoms with Gasteiger partial charge in [-0.05, 0) is 70.9 Å². The molecule has 0 bridgehead atoms. The molecule has 0 radical (unpaired) electrons. The average molecular weight is 758 g/mol. The summed E-state index contributed by atoms with van der Waals surface area (Å²) in [6.07, 6.45) is -1.28. The molecule has 15 nitrogen and oxygen atoms in total. The molecule has 4 aliphatic rings. The molecule has 0 spiro atoms. The molecule has 286 valence electrons. The number of nitrogens with one attached hydrogen (secondary N) is 3. The monoisotopic (exact) mass is 757 g/mol. The summed E-state index contributed by atoms with van der Waals surface area (Å²) in [6, 6.07) is 1.73. The van der Waals surface area contributed by atoms with Crippen LogP contribution in [0.5, 0.6) is 0 Å². The molecule has 1 aromatic carbocycles. The molecule has 1 saturated heterocycles. The van der Waals surface area contributed by atoms with Crippen LogP contribution >= 0.6 is 0 Å². The number of alkyl carbamates (subject to hydrolysis) is 1. The Morgan fingerprint density at radius 1 is 1.15 bits per heavy atom. The number of nitrogens with zero attached hydrogens (tertiary/aromatic N) is 2. The minimum absolute atomic E-state index is 0.0445. The number of ether oxygens (including phenoxy) is 2. The van der Waals surface area contributed by atoms with E-state index in [1.54, 1.807) is 26.8 Å². The van der Waals surface area contributed by atoms with E-state index in [9.17, 15) is 41.6 Å². The SMILES string of the molecule is C=C[C@@H]1C[C@]1(NC(=O)[C@@H]1CC(OC(=O)N2Cc3cccc(F)c3C2)CN1C(=O)[C@H](CCC(=O)C#CC)NC(=O)OC(C)(C)C)C(=O)NS(=O)(=O)C1CC1. The van der Waals surface area contributed by atoms with Crippen LogP contribution in [0.1, 0.15) is 77.3 Å². The molecule has 3 fully saturated rings. The van der Waals surface area contributed by atoms with Crippen molar-refractivity contribution in [1.29, 1.82) is 0 Å². The molecule has 3 N–H and O–H groups in total. The fourth-order valence-electron chi connectivity index (χ4n) is 6.51. The van der Waals surface area contributed by atoms with Gasteiger partial charge in [-0.25, -0.2) is 22.4 Å². The highest BCUT2D eigenvalue weighted by molar-refractivity contribution is 7.91. The van der Waals surface area contributed by atoms with Crippen molar-refractivity contribution >= 4 is 45.7 Å². The second-order valence-electron chi connectivity index (χ2n) is 14.7. The van der Waals surface area contributed by atoms with Crippen molar-refractivity contribution in [1.82, 2.24) is 25.2 Å². The second-order valence-corrected chi connectivity index (χ2v) is 16.7. The first-order chi connectivity index (χ1) is 24.9. The van der Waals surface area contributed by atoms with Crippen molar-refractivity contribution < 1.29 is 51.0 Å². The zero-order valence-electron chi connectivity index (χ0n) is 30.0. The summed E-state index contributed by atoms with van der Waals surface area (Å²) in [6.45, 7) is 9.72. The number of amides is 5.